The molecule has 1 unspecified atom stereocenters. The first-order valence-electron chi connectivity index (χ1n) is 4.94. The number of benzene rings is 1. The second-order valence-electron chi connectivity index (χ2n) is 3.62. The molecule has 0 aromatic heterocycles. The van der Waals surface area contributed by atoms with Crippen molar-refractivity contribution in [2.45, 2.75) is 19.8 Å². The SMILES string of the molecule is CC(=O)C(CCCl)Cc1ccc(Br)cc1. The van der Waals surface area contributed by atoms with Gasteiger partial charge in [-0.2, -0.15) is 0 Å². The summed E-state index contributed by atoms with van der Waals surface area (Å²) < 4.78 is 1.06. The first kappa shape index (κ1) is 12.7. The van der Waals surface area contributed by atoms with Crippen molar-refractivity contribution in [1.29, 1.82) is 0 Å². The van der Waals surface area contributed by atoms with Crippen molar-refractivity contribution in [3.8, 4) is 0 Å². The Labute approximate surface area is 104 Å². The number of rotatable bonds is 5. The van der Waals surface area contributed by atoms with Crippen LogP contribution in [-0.4, -0.2) is 11.7 Å². The van der Waals surface area contributed by atoms with Gasteiger partial charge < -0.3 is 0 Å². The van der Waals surface area contributed by atoms with Crippen LogP contribution in [0.3, 0.4) is 0 Å². The standard InChI is InChI=1S/C12H14BrClO/c1-9(15)11(6-7-14)8-10-2-4-12(13)5-3-10/h2-5,11H,6-8H2,1H3. The van der Waals surface area contributed by atoms with Gasteiger partial charge in [-0.3, -0.25) is 4.79 Å². The van der Waals surface area contributed by atoms with Gasteiger partial charge in [-0.1, -0.05) is 28.1 Å². The molecule has 0 aliphatic carbocycles. The van der Waals surface area contributed by atoms with Gasteiger partial charge in [-0.05, 0) is 37.5 Å². The molecule has 1 nitrogen and oxygen atoms in total. The first-order valence-corrected chi connectivity index (χ1v) is 6.27. The molecule has 1 atom stereocenters. The van der Waals surface area contributed by atoms with E-state index in [1.165, 1.54) is 5.56 Å². The van der Waals surface area contributed by atoms with E-state index >= 15 is 0 Å². The number of hydrogen-bond acceptors (Lipinski definition) is 1. The van der Waals surface area contributed by atoms with Crippen LogP contribution < -0.4 is 0 Å². The molecule has 1 aromatic carbocycles. The lowest BCUT2D eigenvalue weighted by molar-refractivity contribution is -0.120. The fourth-order valence-corrected chi connectivity index (χ4v) is 2.01. The van der Waals surface area contributed by atoms with Crippen LogP contribution in [0.25, 0.3) is 0 Å². The average molecular weight is 290 g/mol. The minimum absolute atomic E-state index is 0.0590. The van der Waals surface area contributed by atoms with Gasteiger partial charge in [0, 0.05) is 16.3 Å². The topological polar surface area (TPSA) is 17.1 Å². The minimum atomic E-state index is 0.0590. The first-order chi connectivity index (χ1) is 7.13. The van der Waals surface area contributed by atoms with Crippen LogP contribution in [0.5, 0.6) is 0 Å². The number of halogens is 2. The smallest absolute Gasteiger partial charge is 0.133 e. The van der Waals surface area contributed by atoms with Gasteiger partial charge in [0.2, 0.25) is 0 Å². The highest BCUT2D eigenvalue weighted by molar-refractivity contribution is 9.10. The van der Waals surface area contributed by atoms with Crippen molar-refractivity contribution < 1.29 is 4.79 Å². The number of hydrogen-bond donors (Lipinski definition) is 0. The molecular formula is C12H14BrClO. The molecule has 0 radical (unpaired) electrons. The van der Waals surface area contributed by atoms with Crippen molar-refractivity contribution in [3.05, 3.63) is 34.3 Å². The van der Waals surface area contributed by atoms with E-state index in [0.29, 0.717) is 5.88 Å². The molecule has 3 heteroatoms. The van der Waals surface area contributed by atoms with Crippen LogP contribution in [0.15, 0.2) is 28.7 Å². The van der Waals surface area contributed by atoms with Crippen molar-refractivity contribution in [1.82, 2.24) is 0 Å². The van der Waals surface area contributed by atoms with E-state index in [2.05, 4.69) is 15.9 Å². The summed E-state index contributed by atoms with van der Waals surface area (Å²) in [5, 5.41) is 0. The van der Waals surface area contributed by atoms with Gasteiger partial charge in [-0.15, -0.1) is 11.6 Å². The van der Waals surface area contributed by atoms with E-state index in [0.717, 1.165) is 17.3 Å². The molecule has 0 saturated heterocycles. The molecule has 1 rings (SSSR count). The average Bonchev–Trinajstić information content (AvgIpc) is 2.20. The Morgan fingerprint density at radius 1 is 1.40 bits per heavy atom. The molecule has 0 bridgehead atoms. The molecule has 15 heavy (non-hydrogen) atoms. The van der Waals surface area contributed by atoms with Gasteiger partial charge in [0.25, 0.3) is 0 Å². The Kier molecular flexibility index (Phi) is 5.34. The zero-order chi connectivity index (χ0) is 11.3. The summed E-state index contributed by atoms with van der Waals surface area (Å²) in [4.78, 5) is 11.3. The number of carbonyl (C=O) groups is 1. The van der Waals surface area contributed by atoms with Crippen LogP contribution >= 0.6 is 27.5 Å². The highest BCUT2D eigenvalue weighted by Gasteiger charge is 2.13. The summed E-state index contributed by atoms with van der Waals surface area (Å²) in [6.07, 6.45) is 1.54. The molecular weight excluding hydrogens is 275 g/mol. The number of ketones is 1. The minimum Gasteiger partial charge on any atom is -0.300 e. The zero-order valence-electron chi connectivity index (χ0n) is 8.67. The third-order valence-corrected chi connectivity index (χ3v) is 3.17. The fourth-order valence-electron chi connectivity index (χ4n) is 1.49. The van der Waals surface area contributed by atoms with E-state index in [1.807, 2.05) is 24.3 Å². The maximum atomic E-state index is 11.3. The Morgan fingerprint density at radius 3 is 2.47 bits per heavy atom. The van der Waals surface area contributed by atoms with E-state index in [-0.39, 0.29) is 11.7 Å². The number of carbonyl (C=O) groups excluding carboxylic acids is 1. The van der Waals surface area contributed by atoms with E-state index in [4.69, 9.17) is 11.6 Å². The zero-order valence-corrected chi connectivity index (χ0v) is 11.0. The van der Waals surface area contributed by atoms with Crippen LogP contribution in [0.4, 0.5) is 0 Å². The summed E-state index contributed by atoms with van der Waals surface area (Å²) in [5.74, 6) is 0.822. The summed E-state index contributed by atoms with van der Waals surface area (Å²) in [6, 6.07) is 8.06. The molecule has 0 saturated carbocycles. The van der Waals surface area contributed by atoms with Gasteiger partial charge in [0.1, 0.15) is 5.78 Å². The quantitative estimate of drug-likeness (QED) is 0.753. The summed E-state index contributed by atoms with van der Waals surface area (Å²) in [7, 11) is 0. The summed E-state index contributed by atoms with van der Waals surface area (Å²) in [6.45, 7) is 1.63. The summed E-state index contributed by atoms with van der Waals surface area (Å²) >= 11 is 9.06. The molecule has 0 aliphatic rings. The van der Waals surface area contributed by atoms with E-state index in [9.17, 15) is 4.79 Å². The Balaban J connectivity index is 2.65. The van der Waals surface area contributed by atoms with Crippen LogP contribution in [0, 0.1) is 5.92 Å². The Hall–Kier alpha value is -0.340. The monoisotopic (exact) mass is 288 g/mol. The van der Waals surface area contributed by atoms with Crippen LogP contribution in [-0.2, 0) is 11.2 Å². The normalized spacial score (nSPS) is 12.5. The van der Waals surface area contributed by atoms with Crippen LogP contribution in [0.2, 0.25) is 0 Å². The van der Waals surface area contributed by atoms with Gasteiger partial charge in [-0.25, -0.2) is 0 Å². The number of alkyl halides is 1. The highest BCUT2D eigenvalue weighted by Crippen LogP contribution is 2.17. The van der Waals surface area contributed by atoms with E-state index < -0.39 is 0 Å². The lowest BCUT2D eigenvalue weighted by Gasteiger charge is -2.11. The van der Waals surface area contributed by atoms with Crippen molar-refractivity contribution in [2.24, 2.45) is 5.92 Å². The third-order valence-electron chi connectivity index (χ3n) is 2.43. The largest absolute Gasteiger partial charge is 0.300 e. The molecule has 0 spiro atoms. The maximum absolute atomic E-state index is 11.3. The maximum Gasteiger partial charge on any atom is 0.133 e. The van der Waals surface area contributed by atoms with Crippen LogP contribution in [0.1, 0.15) is 18.9 Å². The van der Waals surface area contributed by atoms with E-state index in [1.54, 1.807) is 6.92 Å². The molecule has 0 amide bonds. The van der Waals surface area contributed by atoms with Crippen molar-refractivity contribution >= 4 is 33.3 Å². The molecule has 0 fully saturated rings. The lowest BCUT2D eigenvalue weighted by Crippen LogP contribution is -2.14. The molecule has 0 aliphatic heterocycles. The fraction of sp³-hybridized carbons (Fsp3) is 0.417. The second kappa shape index (κ2) is 6.29. The molecule has 82 valence electrons. The van der Waals surface area contributed by atoms with Gasteiger partial charge >= 0.3 is 0 Å². The predicted molar refractivity (Wildman–Crippen MR) is 67.4 cm³/mol. The Morgan fingerprint density at radius 2 is 2.00 bits per heavy atom. The van der Waals surface area contributed by atoms with Crippen molar-refractivity contribution in [2.75, 3.05) is 5.88 Å². The molecule has 0 N–H and O–H groups in total. The van der Waals surface area contributed by atoms with Gasteiger partial charge in [0.05, 0.1) is 0 Å². The second-order valence-corrected chi connectivity index (χ2v) is 4.91. The predicted octanol–water partition coefficient (Wildman–Crippen LogP) is 3.83. The lowest BCUT2D eigenvalue weighted by atomic mass is 9.94. The van der Waals surface area contributed by atoms with Crippen molar-refractivity contribution in [3.63, 3.8) is 0 Å². The Bertz CT molecular complexity index is 321. The molecule has 0 heterocycles. The highest BCUT2D eigenvalue weighted by atomic mass is 79.9. The number of Topliss-reactive ketones (excluding diaryl/α,β-unsaturated/α-hetero) is 1. The third kappa shape index (κ3) is 4.35. The summed E-state index contributed by atoms with van der Waals surface area (Å²) in [5.41, 5.74) is 1.18. The van der Waals surface area contributed by atoms with Gasteiger partial charge in [0.15, 0.2) is 0 Å². The molecule has 1 aromatic rings.